The number of anilines is 1. The lowest BCUT2D eigenvalue weighted by Gasteiger charge is -2.23. The van der Waals surface area contributed by atoms with E-state index in [1.807, 2.05) is 30.1 Å². The van der Waals surface area contributed by atoms with E-state index in [2.05, 4.69) is 19.9 Å². The van der Waals surface area contributed by atoms with Crippen molar-refractivity contribution in [3.8, 4) is 0 Å². The summed E-state index contributed by atoms with van der Waals surface area (Å²) in [5.41, 5.74) is 3.31. The molecule has 0 unspecified atom stereocenters. The third-order valence-corrected chi connectivity index (χ3v) is 4.74. The van der Waals surface area contributed by atoms with Crippen LogP contribution in [0.5, 0.6) is 0 Å². The maximum atomic E-state index is 12.4. The summed E-state index contributed by atoms with van der Waals surface area (Å²) in [5.74, 6) is -0.730. The van der Waals surface area contributed by atoms with Crippen LogP contribution in [0.1, 0.15) is 29.9 Å². The molecule has 0 spiro atoms. The molecule has 5 heteroatoms. The van der Waals surface area contributed by atoms with Crippen molar-refractivity contribution in [1.82, 2.24) is 4.57 Å². The van der Waals surface area contributed by atoms with E-state index in [-0.39, 0.29) is 17.8 Å². The van der Waals surface area contributed by atoms with Gasteiger partial charge in [-0.05, 0) is 23.8 Å². The number of aryl methyl sites for hydroxylation is 1. The lowest BCUT2D eigenvalue weighted by molar-refractivity contribution is -0.117. The number of likely N-dealkylation sites (N-methyl/N-ethyl adjacent to an activating group) is 1. The topological polar surface area (TPSA) is 51.5 Å². The number of esters is 1. The van der Waals surface area contributed by atoms with E-state index >= 15 is 0 Å². The molecule has 0 fully saturated rings. The Morgan fingerprint density at radius 3 is 2.48 bits per heavy atom. The minimum absolute atomic E-state index is 0.231. The zero-order chi connectivity index (χ0) is 18.2. The fraction of sp³-hybridized carbons (Fsp3) is 0.300. The first-order valence-corrected chi connectivity index (χ1v) is 8.19. The van der Waals surface area contributed by atoms with Gasteiger partial charge in [-0.1, -0.05) is 32.0 Å². The van der Waals surface area contributed by atoms with Gasteiger partial charge >= 0.3 is 5.97 Å². The number of nitrogens with zero attached hydrogens (tertiary/aromatic N) is 2. The van der Waals surface area contributed by atoms with Gasteiger partial charge in [0.2, 0.25) is 0 Å². The molecular weight excluding hydrogens is 316 g/mol. The van der Waals surface area contributed by atoms with Crippen LogP contribution in [0.15, 0.2) is 54.4 Å². The first kappa shape index (κ1) is 17.0. The maximum absolute atomic E-state index is 12.4. The van der Waals surface area contributed by atoms with Gasteiger partial charge in [-0.15, -0.1) is 0 Å². The summed E-state index contributed by atoms with van der Waals surface area (Å²) < 4.78 is 6.81. The molecule has 0 aliphatic carbocycles. The van der Waals surface area contributed by atoms with Crippen molar-refractivity contribution in [3.05, 3.63) is 65.6 Å². The van der Waals surface area contributed by atoms with E-state index in [4.69, 9.17) is 4.74 Å². The Morgan fingerprint density at radius 2 is 1.84 bits per heavy atom. The minimum atomic E-state index is -0.499. The second kappa shape index (κ2) is 6.24. The number of allylic oxidation sites excluding steroid dienone is 1. The standard InChI is InChI=1S/C20H22N2O3/c1-20(2)15-8-5-6-9-16(15)22(4)18(20)12-14(23)13-25-19(24)17-10-7-11-21(17)3/h5-12H,13H2,1-4H3/b18-12-. The number of carbonyl (C=O) groups excluding carboxylic acids is 2. The molecule has 3 rings (SSSR count). The highest BCUT2D eigenvalue weighted by Gasteiger charge is 2.38. The third-order valence-electron chi connectivity index (χ3n) is 4.74. The van der Waals surface area contributed by atoms with Crippen molar-refractivity contribution in [3.63, 3.8) is 0 Å². The Morgan fingerprint density at radius 1 is 1.12 bits per heavy atom. The van der Waals surface area contributed by atoms with Crippen molar-refractivity contribution in [2.45, 2.75) is 19.3 Å². The quantitative estimate of drug-likeness (QED) is 0.635. The van der Waals surface area contributed by atoms with Crippen LogP contribution in [-0.2, 0) is 22.0 Å². The average molecular weight is 338 g/mol. The molecule has 130 valence electrons. The number of ketones is 1. The van der Waals surface area contributed by atoms with Crippen LogP contribution in [0, 0.1) is 0 Å². The van der Waals surface area contributed by atoms with Crippen molar-refractivity contribution in [2.75, 3.05) is 18.6 Å². The Labute approximate surface area is 147 Å². The number of aromatic nitrogens is 1. The molecule has 0 N–H and O–H groups in total. The van der Waals surface area contributed by atoms with Crippen LogP contribution in [0.4, 0.5) is 5.69 Å². The second-order valence-corrected chi connectivity index (χ2v) is 6.78. The Balaban J connectivity index is 1.74. The lowest BCUT2D eigenvalue weighted by atomic mass is 9.83. The number of para-hydroxylation sites is 1. The summed E-state index contributed by atoms with van der Waals surface area (Å²) in [6, 6.07) is 11.5. The van der Waals surface area contributed by atoms with E-state index in [9.17, 15) is 9.59 Å². The first-order valence-electron chi connectivity index (χ1n) is 8.19. The fourth-order valence-corrected chi connectivity index (χ4v) is 3.34. The van der Waals surface area contributed by atoms with Crippen molar-refractivity contribution in [2.24, 2.45) is 7.05 Å². The summed E-state index contributed by atoms with van der Waals surface area (Å²) in [6.07, 6.45) is 3.34. The summed E-state index contributed by atoms with van der Waals surface area (Å²) in [4.78, 5) is 26.4. The number of carbonyl (C=O) groups is 2. The van der Waals surface area contributed by atoms with E-state index in [1.165, 1.54) is 5.56 Å². The molecule has 1 aliphatic rings. The van der Waals surface area contributed by atoms with Crippen LogP contribution in [0.25, 0.3) is 0 Å². The Kier molecular flexibility index (Phi) is 4.25. The largest absolute Gasteiger partial charge is 0.453 e. The highest BCUT2D eigenvalue weighted by molar-refractivity contribution is 5.96. The molecule has 0 bridgehead atoms. The van der Waals surface area contributed by atoms with Gasteiger partial charge in [-0.2, -0.15) is 0 Å². The highest BCUT2D eigenvalue weighted by Crippen LogP contribution is 2.46. The summed E-state index contributed by atoms with van der Waals surface area (Å²) >= 11 is 0. The van der Waals surface area contributed by atoms with Crippen LogP contribution in [0.2, 0.25) is 0 Å². The van der Waals surface area contributed by atoms with E-state index in [0.717, 1.165) is 11.4 Å². The molecule has 0 amide bonds. The number of rotatable bonds is 4. The van der Waals surface area contributed by atoms with Crippen LogP contribution < -0.4 is 4.90 Å². The molecule has 0 saturated carbocycles. The molecule has 2 aromatic rings. The highest BCUT2D eigenvalue weighted by atomic mass is 16.5. The molecule has 0 radical (unpaired) electrons. The predicted octanol–water partition coefficient (Wildman–Crippen LogP) is 3.06. The number of fused-ring (bicyclic) bond motifs is 1. The fourth-order valence-electron chi connectivity index (χ4n) is 3.34. The number of hydrogen-bond donors (Lipinski definition) is 0. The maximum Gasteiger partial charge on any atom is 0.355 e. The minimum Gasteiger partial charge on any atom is -0.453 e. The Hall–Kier alpha value is -2.82. The number of hydrogen-bond acceptors (Lipinski definition) is 4. The number of benzene rings is 1. The van der Waals surface area contributed by atoms with Crippen LogP contribution in [-0.4, -0.2) is 30.0 Å². The molecular formula is C20H22N2O3. The van der Waals surface area contributed by atoms with Gasteiger partial charge in [0, 0.05) is 43.2 Å². The molecule has 0 atom stereocenters. The van der Waals surface area contributed by atoms with Crippen LogP contribution >= 0.6 is 0 Å². The van der Waals surface area contributed by atoms with E-state index in [0.29, 0.717) is 5.69 Å². The van der Waals surface area contributed by atoms with E-state index < -0.39 is 5.97 Å². The molecule has 0 saturated heterocycles. The average Bonchev–Trinajstić information content (AvgIpc) is 3.09. The molecule has 25 heavy (non-hydrogen) atoms. The van der Waals surface area contributed by atoms with Crippen LogP contribution in [0.3, 0.4) is 0 Å². The Bertz CT molecular complexity index is 861. The van der Waals surface area contributed by atoms with Gasteiger partial charge < -0.3 is 14.2 Å². The molecule has 1 aromatic carbocycles. The summed E-state index contributed by atoms with van der Waals surface area (Å²) in [7, 11) is 3.70. The summed E-state index contributed by atoms with van der Waals surface area (Å²) in [6.45, 7) is 3.91. The normalized spacial score (nSPS) is 16.8. The third kappa shape index (κ3) is 2.97. The number of ether oxygens (including phenoxy) is 1. The monoisotopic (exact) mass is 338 g/mol. The van der Waals surface area contributed by atoms with Gasteiger partial charge in [0.05, 0.1) is 0 Å². The first-order chi connectivity index (χ1) is 11.8. The molecule has 1 aromatic heterocycles. The van der Waals surface area contributed by atoms with Crippen molar-refractivity contribution >= 4 is 17.4 Å². The van der Waals surface area contributed by atoms with Crippen molar-refractivity contribution < 1.29 is 14.3 Å². The van der Waals surface area contributed by atoms with Crippen molar-refractivity contribution in [1.29, 1.82) is 0 Å². The predicted molar refractivity (Wildman–Crippen MR) is 96.7 cm³/mol. The molecule has 5 nitrogen and oxygen atoms in total. The van der Waals surface area contributed by atoms with Gasteiger partial charge in [0.15, 0.2) is 12.4 Å². The van der Waals surface area contributed by atoms with E-state index in [1.54, 1.807) is 36.0 Å². The smallest absolute Gasteiger partial charge is 0.355 e. The zero-order valence-electron chi connectivity index (χ0n) is 14.9. The van der Waals surface area contributed by atoms with Gasteiger partial charge in [-0.25, -0.2) is 4.79 Å². The van der Waals surface area contributed by atoms with Gasteiger partial charge in [0.1, 0.15) is 5.69 Å². The van der Waals surface area contributed by atoms with Gasteiger partial charge in [0.25, 0.3) is 0 Å². The summed E-state index contributed by atoms with van der Waals surface area (Å²) in [5, 5.41) is 0. The lowest BCUT2D eigenvalue weighted by Crippen LogP contribution is -2.25. The van der Waals surface area contributed by atoms with Gasteiger partial charge in [-0.3, -0.25) is 4.79 Å². The SMILES string of the molecule is CN1/C(=C\C(=O)COC(=O)c2cccn2C)C(C)(C)c2ccccc21. The molecule has 1 aliphatic heterocycles. The molecule has 2 heterocycles. The zero-order valence-corrected chi connectivity index (χ0v) is 14.9. The second-order valence-electron chi connectivity index (χ2n) is 6.78.